The number of anilines is 1. The number of sulfonamides is 1. The number of rotatable bonds is 4. The Balaban J connectivity index is 1.60. The molecule has 0 spiro atoms. The van der Waals surface area contributed by atoms with Gasteiger partial charge in [-0.2, -0.15) is 0 Å². The predicted molar refractivity (Wildman–Crippen MR) is 104 cm³/mol. The summed E-state index contributed by atoms with van der Waals surface area (Å²) in [5, 5.41) is 1.57. The Kier molecular flexibility index (Phi) is 4.18. The van der Waals surface area contributed by atoms with Crippen LogP contribution in [-0.2, 0) is 10.0 Å². The quantitative estimate of drug-likeness (QED) is 0.502. The number of fused-ring (bicyclic) bond motifs is 1. The summed E-state index contributed by atoms with van der Waals surface area (Å²) in [4.78, 5) is 0.221. The number of nitrogens with one attached hydrogen (secondary N) is 1. The van der Waals surface area contributed by atoms with E-state index >= 15 is 0 Å². The van der Waals surface area contributed by atoms with Gasteiger partial charge in [-0.25, -0.2) is 8.42 Å². The molecular formula is C20H14ClNO3S. The highest BCUT2D eigenvalue weighted by Crippen LogP contribution is 2.30. The first kappa shape index (κ1) is 16.7. The number of halogens is 1. The van der Waals surface area contributed by atoms with E-state index in [0.29, 0.717) is 16.5 Å². The second-order valence-corrected chi connectivity index (χ2v) is 7.91. The van der Waals surface area contributed by atoms with Gasteiger partial charge in [0.1, 0.15) is 11.3 Å². The van der Waals surface area contributed by atoms with E-state index < -0.39 is 10.0 Å². The summed E-state index contributed by atoms with van der Waals surface area (Å²) < 4.78 is 33.1. The fraction of sp³-hybridized carbons (Fsp3) is 0. The molecule has 3 aromatic carbocycles. The molecule has 0 saturated carbocycles. The van der Waals surface area contributed by atoms with Gasteiger partial charge in [0.05, 0.1) is 4.90 Å². The Hall–Kier alpha value is -2.76. The van der Waals surface area contributed by atoms with Gasteiger partial charge in [0, 0.05) is 21.7 Å². The molecule has 0 bridgehead atoms. The summed E-state index contributed by atoms with van der Waals surface area (Å²) in [6, 6.07) is 22.6. The van der Waals surface area contributed by atoms with Crippen LogP contribution in [0.15, 0.2) is 88.2 Å². The second-order valence-electron chi connectivity index (χ2n) is 5.79. The van der Waals surface area contributed by atoms with E-state index in [4.69, 9.17) is 16.0 Å². The Morgan fingerprint density at radius 3 is 2.31 bits per heavy atom. The number of hydrogen-bond acceptors (Lipinski definition) is 3. The molecule has 0 aliphatic carbocycles. The SMILES string of the molecule is O=S(=O)(Nc1ccc(-c2cc3cc(Cl)ccc3o2)cc1)c1ccccc1. The largest absolute Gasteiger partial charge is 0.456 e. The van der Waals surface area contributed by atoms with E-state index in [2.05, 4.69) is 4.72 Å². The Morgan fingerprint density at radius 2 is 1.58 bits per heavy atom. The van der Waals surface area contributed by atoms with Crippen molar-refractivity contribution in [3.8, 4) is 11.3 Å². The van der Waals surface area contributed by atoms with Gasteiger partial charge in [-0.05, 0) is 60.7 Å². The van der Waals surface area contributed by atoms with E-state index in [9.17, 15) is 8.42 Å². The maximum atomic E-state index is 12.4. The fourth-order valence-electron chi connectivity index (χ4n) is 2.67. The molecule has 26 heavy (non-hydrogen) atoms. The minimum atomic E-state index is -3.60. The molecule has 4 nitrogen and oxygen atoms in total. The number of furan rings is 1. The highest BCUT2D eigenvalue weighted by Gasteiger charge is 2.13. The number of hydrogen-bond donors (Lipinski definition) is 1. The van der Waals surface area contributed by atoms with Crippen molar-refractivity contribution < 1.29 is 12.8 Å². The molecule has 0 saturated heterocycles. The van der Waals surface area contributed by atoms with Crippen molar-refractivity contribution in [2.45, 2.75) is 4.90 Å². The van der Waals surface area contributed by atoms with Crippen molar-refractivity contribution >= 4 is 38.3 Å². The van der Waals surface area contributed by atoms with Gasteiger partial charge in [0.15, 0.2) is 0 Å². The van der Waals surface area contributed by atoms with Crippen molar-refractivity contribution in [1.29, 1.82) is 0 Å². The summed E-state index contributed by atoms with van der Waals surface area (Å²) in [7, 11) is -3.60. The molecule has 0 fully saturated rings. The zero-order valence-corrected chi connectivity index (χ0v) is 15.1. The summed E-state index contributed by atoms with van der Waals surface area (Å²) in [5.74, 6) is 0.694. The highest BCUT2D eigenvalue weighted by atomic mass is 35.5. The van der Waals surface area contributed by atoms with Crippen LogP contribution >= 0.6 is 11.6 Å². The molecule has 1 heterocycles. The molecular weight excluding hydrogens is 370 g/mol. The lowest BCUT2D eigenvalue weighted by atomic mass is 10.1. The van der Waals surface area contributed by atoms with Crippen LogP contribution < -0.4 is 4.72 Å². The summed E-state index contributed by atoms with van der Waals surface area (Å²) in [6.07, 6.45) is 0. The maximum absolute atomic E-state index is 12.4. The minimum Gasteiger partial charge on any atom is -0.456 e. The molecule has 0 atom stereocenters. The topological polar surface area (TPSA) is 59.3 Å². The predicted octanol–water partition coefficient (Wildman–Crippen LogP) is 5.55. The van der Waals surface area contributed by atoms with Gasteiger partial charge < -0.3 is 4.42 Å². The first-order valence-electron chi connectivity index (χ1n) is 7.89. The van der Waals surface area contributed by atoms with Crippen molar-refractivity contribution in [3.63, 3.8) is 0 Å². The number of benzene rings is 3. The summed E-state index contributed by atoms with van der Waals surface area (Å²) in [5.41, 5.74) is 2.08. The van der Waals surface area contributed by atoms with Gasteiger partial charge in [-0.3, -0.25) is 4.72 Å². The highest BCUT2D eigenvalue weighted by molar-refractivity contribution is 7.92. The Bertz CT molecular complexity index is 1170. The summed E-state index contributed by atoms with van der Waals surface area (Å²) >= 11 is 6.00. The van der Waals surface area contributed by atoms with Crippen LogP contribution in [0.1, 0.15) is 0 Å². The third-order valence-electron chi connectivity index (χ3n) is 3.95. The van der Waals surface area contributed by atoms with Crippen molar-refractivity contribution in [2.75, 3.05) is 4.72 Å². The van der Waals surface area contributed by atoms with Gasteiger partial charge in [0.25, 0.3) is 10.0 Å². The molecule has 0 aliphatic heterocycles. The van der Waals surface area contributed by atoms with Crippen LogP contribution in [0.25, 0.3) is 22.3 Å². The molecule has 0 aliphatic rings. The second kappa shape index (κ2) is 6.52. The summed E-state index contributed by atoms with van der Waals surface area (Å²) in [6.45, 7) is 0. The lowest BCUT2D eigenvalue weighted by Crippen LogP contribution is -2.12. The molecule has 1 N–H and O–H groups in total. The van der Waals surface area contributed by atoms with Gasteiger partial charge in [-0.15, -0.1) is 0 Å². The lowest BCUT2D eigenvalue weighted by molar-refractivity contribution is 0.601. The molecule has 1 aromatic heterocycles. The normalized spacial score (nSPS) is 11.6. The Labute approximate surface area is 156 Å². The average Bonchev–Trinajstić information content (AvgIpc) is 3.06. The van der Waals surface area contributed by atoms with Crippen molar-refractivity contribution in [2.24, 2.45) is 0 Å². The van der Waals surface area contributed by atoms with Gasteiger partial charge in [0.2, 0.25) is 0 Å². The molecule has 0 amide bonds. The standard InChI is InChI=1S/C20H14ClNO3S/c21-16-8-11-19-15(12-16)13-20(25-19)14-6-9-17(10-7-14)22-26(23,24)18-4-2-1-3-5-18/h1-13,22H. The Morgan fingerprint density at radius 1 is 0.846 bits per heavy atom. The van der Waals surface area contributed by atoms with E-state index in [1.807, 2.05) is 30.3 Å². The van der Waals surface area contributed by atoms with E-state index in [1.165, 1.54) is 0 Å². The van der Waals surface area contributed by atoms with Crippen LogP contribution in [0.4, 0.5) is 5.69 Å². The monoisotopic (exact) mass is 383 g/mol. The molecule has 6 heteroatoms. The van der Waals surface area contributed by atoms with Gasteiger partial charge in [-0.1, -0.05) is 29.8 Å². The van der Waals surface area contributed by atoms with Crippen LogP contribution in [0.3, 0.4) is 0 Å². The van der Waals surface area contributed by atoms with E-state index in [-0.39, 0.29) is 4.90 Å². The third-order valence-corrected chi connectivity index (χ3v) is 5.59. The minimum absolute atomic E-state index is 0.221. The van der Waals surface area contributed by atoms with Crippen LogP contribution in [0.5, 0.6) is 0 Å². The third kappa shape index (κ3) is 3.31. The van der Waals surface area contributed by atoms with Gasteiger partial charge >= 0.3 is 0 Å². The molecule has 4 aromatic rings. The van der Waals surface area contributed by atoms with E-state index in [1.54, 1.807) is 48.5 Å². The fourth-order valence-corrected chi connectivity index (χ4v) is 3.93. The van der Waals surface area contributed by atoms with Crippen molar-refractivity contribution in [1.82, 2.24) is 0 Å². The molecule has 130 valence electrons. The maximum Gasteiger partial charge on any atom is 0.261 e. The van der Waals surface area contributed by atoms with Crippen LogP contribution in [0, 0.1) is 0 Å². The lowest BCUT2D eigenvalue weighted by Gasteiger charge is -2.08. The molecule has 0 unspecified atom stereocenters. The zero-order valence-electron chi connectivity index (χ0n) is 13.5. The van der Waals surface area contributed by atoms with Crippen LogP contribution in [-0.4, -0.2) is 8.42 Å². The van der Waals surface area contributed by atoms with Crippen molar-refractivity contribution in [3.05, 3.63) is 83.9 Å². The zero-order chi connectivity index (χ0) is 18.1. The molecule has 0 radical (unpaired) electrons. The first-order chi connectivity index (χ1) is 12.5. The van der Waals surface area contributed by atoms with Crippen LogP contribution in [0.2, 0.25) is 5.02 Å². The molecule has 4 rings (SSSR count). The van der Waals surface area contributed by atoms with E-state index in [0.717, 1.165) is 16.5 Å². The smallest absolute Gasteiger partial charge is 0.261 e. The first-order valence-corrected chi connectivity index (χ1v) is 9.75. The average molecular weight is 384 g/mol.